The van der Waals surface area contributed by atoms with E-state index in [4.69, 9.17) is 27.9 Å². The summed E-state index contributed by atoms with van der Waals surface area (Å²) in [5.41, 5.74) is 2.02. The van der Waals surface area contributed by atoms with Gasteiger partial charge in [-0.2, -0.15) is 0 Å². The fourth-order valence-corrected chi connectivity index (χ4v) is 4.48. The van der Waals surface area contributed by atoms with Crippen molar-refractivity contribution in [1.82, 2.24) is 14.4 Å². The molecule has 2 aromatic carbocycles. The molecule has 38 heavy (non-hydrogen) atoms. The highest BCUT2D eigenvalue weighted by molar-refractivity contribution is 6.31. The van der Waals surface area contributed by atoms with Crippen LogP contribution in [0.5, 0.6) is 5.75 Å². The summed E-state index contributed by atoms with van der Waals surface area (Å²) < 4.78 is 7.79. The number of nitrogens with zero attached hydrogens (tertiary/aromatic N) is 3. The maximum absolute atomic E-state index is 13.6. The van der Waals surface area contributed by atoms with Gasteiger partial charge in [0, 0.05) is 41.1 Å². The van der Waals surface area contributed by atoms with Crippen molar-refractivity contribution in [2.24, 2.45) is 5.92 Å². The van der Waals surface area contributed by atoms with E-state index in [1.165, 1.54) is 0 Å². The summed E-state index contributed by atoms with van der Waals surface area (Å²) in [6.45, 7) is 9.61. The molecular formula is C30H37Cl2N3O3. The second-order valence-corrected chi connectivity index (χ2v) is 10.8. The minimum Gasteiger partial charge on any atom is -0.484 e. The van der Waals surface area contributed by atoms with Crippen LogP contribution in [0.3, 0.4) is 0 Å². The van der Waals surface area contributed by atoms with Crippen LogP contribution in [0.2, 0.25) is 10.0 Å². The molecule has 0 fully saturated rings. The van der Waals surface area contributed by atoms with E-state index in [1.807, 2.05) is 61.3 Å². The van der Waals surface area contributed by atoms with Crippen molar-refractivity contribution in [2.45, 2.75) is 53.2 Å². The van der Waals surface area contributed by atoms with E-state index in [0.29, 0.717) is 35.4 Å². The van der Waals surface area contributed by atoms with Gasteiger partial charge in [0.2, 0.25) is 5.91 Å². The SMILES string of the molecule is CCC(C)N(CC(=O)N(Cc1cccn1Cc1ccccc1Cl)CC(C)C)C(=O)COc1ccc(Cl)cc1. The molecule has 2 amide bonds. The van der Waals surface area contributed by atoms with Crippen LogP contribution >= 0.6 is 23.2 Å². The zero-order valence-corrected chi connectivity index (χ0v) is 24.1. The van der Waals surface area contributed by atoms with Gasteiger partial charge in [-0.1, -0.05) is 62.2 Å². The summed E-state index contributed by atoms with van der Waals surface area (Å²) in [6.07, 6.45) is 2.73. The first kappa shape index (κ1) is 29.6. The van der Waals surface area contributed by atoms with Crippen molar-refractivity contribution in [3.63, 3.8) is 0 Å². The lowest BCUT2D eigenvalue weighted by Gasteiger charge is -2.32. The molecule has 0 spiro atoms. The molecule has 3 aromatic rings. The van der Waals surface area contributed by atoms with Crippen LogP contribution < -0.4 is 4.74 Å². The minimum absolute atomic E-state index is 0.00421. The summed E-state index contributed by atoms with van der Waals surface area (Å²) in [7, 11) is 0. The lowest BCUT2D eigenvalue weighted by atomic mass is 10.1. The van der Waals surface area contributed by atoms with E-state index in [9.17, 15) is 9.59 Å². The molecule has 0 aliphatic heterocycles. The predicted molar refractivity (Wildman–Crippen MR) is 154 cm³/mol. The average Bonchev–Trinajstić information content (AvgIpc) is 3.33. The number of carbonyl (C=O) groups excluding carboxylic acids is 2. The molecule has 1 heterocycles. The summed E-state index contributed by atoms with van der Waals surface area (Å²) in [4.78, 5) is 30.2. The number of aromatic nitrogens is 1. The lowest BCUT2D eigenvalue weighted by molar-refractivity contribution is -0.144. The zero-order chi connectivity index (χ0) is 27.7. The van der Waals surface area contributed by atoms with Crippen LogP contribution in [-0.2, 0) is 22.7 Å². The van der Waals surface area contributed by atoms with Gasteiger partial charge in [-0.15, -0.1) is 0 Å². The number of hydrogen-bond donors (Lipinski definition) is 0. The number of rotatable bonds is 13. The highest BCUT2D eigenvalue weighted by Gasteiger charge is 2.26. The van der Waals surface area contributed by atoms with Crippen molar-refractivity contribution in [3.8, 4) is 5.75 Å². The Morgan fingerprint density at radius 1 is 0.947 bits per heavy atom. The third-order valence-electron chi connectivity index (χ3n) is 6.44. The molecule has 0 radical (unpaired) electrons. The monoisotopic (exact) mass is 557 g/mol. The van der Waals surface area contributed by atoms with Crippen LogP contribution in [-0.4, -0.2) is 51.9 Å². The van der Waals surface area contributed by atoms with Crippen LogP contribution in [0.4, 0.5) is 0 Å². The highest BCUT2D eigenvalue weighted by atomic mass is 35.5. The molecule has 0 saturated carbocycles. The van der Waals surface area contributed by atoms with Gasteiger partial charge in [0.25, 0.3) is 5.91 Å². The van der Waals surface area contributed by atoms with Gasteiger partial charge in [-0.05, 0) is 67.3 Å². The van der Waals surface area contributed by atoms with Gasteiger partial charge in [-0.3, -0.25) is 9.59 Å². The Kier molecular flexibility index (Phi) is 11.1. The first-order chi connectivity index (χ1) is 18.2. The average molecular weight is 559 g/mol. The normalized spacial score (nSPS) is 11.9. The second-order valence-electron chi connectivity index (χ2n) is 9.91. The Labute approximate surface area is 236 Å². The summed E-state index contributed by atoms with van der Waals surface area (Å²) in [6, 6.07) is 18.5. The molecule has 1 aromatic heterocycles. The van der Waals surface area contributed by atoms with Gasteiger partial charge in [0.1, 0.15) is 12.3 Å². The molecular weight excluding hydrogens is 521 g/mol. The second kappa shape index (κ2) is 14.3. The third kappa shape index (κ3) is 8.53. The van der Waals surface area contributed by atoms with E-state index in [0.717, 1.165) is 17.7 Å². The molecule has 0 bridgehead atoms. The first-order valence-electron chi connectivity index (χ1n) is 13.0. The largest absolute Gasteiger partial charge is 0.484 e. The van der Waals surface area contributed by atoms with Gasteiger partial charge in [0.05, 0.1) is 6.54 Å². The van der Waals surface area contributed by atoms with Crippen LogP contribution in [0, 0.1) is 5.92 Å². The Bertz CT molecular complexity index is 1190. The van der Waals surface area contributed by atoms with Crippen LogP contribution in [0.15, 0.2) is 66.9 Å². The van der Waals surface area contributed by atoms with Crippen molar-refractivity contribution < 1.29 is 14.3 Å². The Morgan fingerprint density at radius 2 is 1.66 bits per heavy atom. The molecule has 1 atom stereocenters. The number of benzene rings is 2. The van der Waals surface area contributed by atoms with E-state index >= 15 is 0 Å². The Balaban J connectivity index is 1.72. The van der Waals surface area contributed by atoms with Crippen molar-refractivity contribution in [3.05, 3.63) is 88.2 Å². The number of amides is 2. The number of halogens is 2. The topological polar surface area (TPSA) is 54.8 Å². The molecule has 0 saturated heterocycles. The number of ether oxygens (including phenoxy) is 1. The van der Waals surface area contributed by atoms with Crippen molar-refractivity contribution >= 4 is 35.0 Å². The van der Waals surface area contributed by atoms with E-state index in [2.05, 4.69) is 18.4 Å². The van der Waals surface area contributed by atoms with Crippen molar-refractivity contribution in [1.29, 1.82) is 0 Å². The number of carbonyl (C=O) groups is 2. The Morgan fingerprint density at radius 3 is 2.32 bits per heavy atom. The third-order valence-corrected chi connectivity index (χ3v) is 7.06. The molecule has 3 rings (SSSR count). The maximum Gasteiger partial charge on any atom is 0.261 e. The van der Waals surface area contributed by atoms with E-state index in [-0.39, 0.29) is 36.9 Å². The smallest absolute Gasteiger partial charge is 0.261 e. The fraction of sp³-hybridized carbons (Fsp3) is 0.400. The predicted octanol–water partition coefficient (Wildman–Crippen LogP) is 6.53. The molecule has 0 aliphatic carbocycles. The quantitative estimate of drug-likeness (QED) is 0.240. The van der Waals surface area contributed by atoms with Gasteiger partial charge in [-0.25, -0.2) is 0 Å². The number of hydrogen-bond acceptors (Lipinski definition) is 3. The minimum atomic E-state index is -0.228. The summed E-state index contributed by atoms with van der Waals surface area (Å²) in [5, 5.41) is 1.31. The molecule has 204 valence electrons. The Hall–Kier alpha value is -2.96. The standard InChI is InChI=1S/C30H37Cl2N3O3/c1-5-23(4)35(30(37)21-38-27-14-12-25(31)13-15-27)20-29(36)34(17-22(2)3)19-26-10-8-16-33(26)18-24-9-6-7-11-28(24)32/h6-16,22-23H,5,17-21H2,1-4H3. The highest BCUT2D eigenvalue weighted by Crippen LogP contribution is 2.19. The van der Waals surface area contributed by atoms with E-state index in [1.54, 1.807) is 29.2 Å². The van der Waals surface area contributed by atoms with Gasteiger partial charge in [0.15, 0.2) is 6.61 Å². The van der Waals surface area contributed by atoms with Crippen LogP contribution in [0.1, 0.15) is 45.4 Å². The van der Waals surface area contributed by atoms with Gasteiger partial charge < -0.3 is 19.1 Å². The zero-order valence-electron chi connectivity index (χ0n) is 22.6. The summed E-state index contributed by atoms with van der Waals surface area (Å²) >= 11 is 12.3. The van der Waals surface area contributed by atoms with E-state index < -0.39 is 0 Å². The summed E-state index contributed by atoms with van der Waals surface area (Å²) in [5.74, 6) is 0.504. The molecule has 6 nitrogen and oxygen atoms in total. The molecule has 8 heteroatoms. The van der Waals surface area contributed by atoms with Gasteiger partial charge >= 0.3 is 0 Å². The lowest BCUT2D eigenvalue weighted by Crippen LogP contribution is -2.48. The molecule has 0 N–H and O–H groups in total. The molecule has 1 unspecified atom stereocenters. The van der Waals surface area contributed by atoms with Crippen LogP contribution in [0.25, 0.3) is 0 Å². The fourth-order valence-electron chi connectivity index (χ4n) is 4.16. The first-order valence-corrected chi connectivity index (χ1v) is 13.8. The molecule has 0 aliphatic rings. The van der Waals surface area contributed by atoms with Crippen molar-refractivity contribution in [2.75, 3.05) is 19.7 Å². The maximum atomic E-state index is 13.6.